The molecule has 1 aromatic carbocycles. The van der Waals surface area contributed by atoms with Crippen LogP contribution in [0.4, 0.5) is 0 Å². The van der Waals surface area contributed by atoms with Crippen LogP contribution in [-0.2, 0) is 24.2 Å². The summed E-state index contributed by atoms with van der Waals surface area (Å²) < 4.78 is 2.11. The van der Waals surface area contributed by atoms with Gasteiger partial charge < -0.3 is 9.88 Å². The number of imidazole rings is 1. The van der Waals surface area contributed by atoms with Gasteiger partial charge in [0.2, 0.25) is 5.91 Å². The first-order valence-electron chi connectivity index (χ1n) is 7.25. The molecule has 0 radical (unpaired) electrons. The van der Waals surface area contributed by atoms with Crippen molar-refractivity contribution >= 4 is 17.5 Å². The zero-order chi connectivity index (χ0) is 14.7. The summed E-state index contributed by atoms with van der Waals surface area (Å²) in [5.41, 5.74) is 1.02. The molecule has 2 aromatic rings. The van der Waals surface area contributed by atoms with Crippen LogP contribution in [0.3, 0.4) is 0 Å². The molecule has 0 saturated carbocycles. The Morgan fingerprint density at radius 3 is 3.14 bits per heavy atom. The fourth-order valence-corrected chi connectivity index (χ4v) is 2.96. The van der Waals surface area contributed by atoms with Crippen LogP contribution in [0.25, 0.3) is 0 Å². The van der Waals surface area contributed by atoms with Gasteiger partial charge in [0.05, 0.1) is 0 Å². The van der Waals surface area contributed by atoms with Crippen LogP contribution < -0.4 is 5.32 Å². The van der Waals surface area contributed by atoms with Gasteiger partial charge in [-0.2, -0.15) is 0 Å². The van der Waals surface area contributed by atoms with Gasteiger partial charge in [-0.1, -0.05) is 29.8 Å². The first-order valence-corrected chi connectivity index (χ1v) is 7.63. The maximum atomic E-state index is 12.1. The number of fused-ring (bicyclic) bond motifs is 1. The summed E-state index contributed by atoms with van der Waals surface area (Å²) in [6, 6.07) is 7.87. The topological polar surface area (TPSA) is 46.9 Å². The Labute approximate surface area is 129 Å². The lowest BCUT2D eigenvalue weighted by atomic mass is 10.1. The highest BCUT2D eigenvalue weighted by molar-refractivity contribution is 6.31. The van der Waals surface area contributed by atoms with Crippen LogP contribution in [0.1, 0.15) is 24.2 Å². The molecule has 5 heteroatoms. The van der Waals surface area contributed by atoms with Gasteiger partial charge in [0.1, 0.15) is 5.82 Å². The van der Waals surface area contributed by atoms with E-state index in [0.717, 1.165) is 35.8 Å². The molecular formula is C16H18ClN3O. The summed E-state index contributed by atoms with van der Waals surface area (Å²) in [5.74, 6) is 1.19. The van der Waals surface area contributed by atoms with Gasteiger partial charge in [-0.3, -0.25) is 4.79 Å². The smallest absolute Gasteiger partial charge is 0.220 e. The summed E-state index contributed by atoms with van der Waals surface area (Å²) >= 11 is 6.10. The first-order chi connectivity index (χ1) is 10.2. The number of hydrogen-bond acceptors (Lipinski definition) is 2. The van der Waals surface area contributed by atoms with Crippen LogP contribution in [0.5, 0.6) is 0 Å². The summed E-state index contributed by atoms with van der Waals surface area (Å²) in [6.45, 7) is 0.813. The van der Waals surface area contributed by atoms with Crippen molar-refractivity contribution in [3.63, 3.8) is 0 Å². The second-order valence-electron chi connectivity index (χ2n) is 5.39. The SMILES string of the molecule is O=C(CCc1ccccc1Cl)N[C@@H]1CCc2nccn2C1. The van der Waals surface area contributed by atoms with E-state index in [4.69, 9.17) is 11.6 Å². The van der Waals surface area contributed by atoms with Crippen LogP contribution >= 0.6 is 11.6 Å². The number of hydrogen-bond donors (Lipinski definition) is 1. The predicted molar refractivity (Wildman–Crippen MR) is 82.3 cm³/mol. The van der Waals surface area contributed by atoms with Crippen molar-refractivity contribution in [2.24, 2.45) is 0 Å². The Kier molecular flexibility index (Phi) is 4.25. The van der Waals surface area contributed by atoms with Gasteiger partial charge in [0.15, 0.2) is 0 Å². The molecular weight excluding hydrogens is 286 g/mol. The summed E-state index contributed by atoms with van der Waals surface area (Å²) in [6.07, 6.45) is 6.80. The molecule has 3 rings (SSSR count). The summed E-state index contributed by atoms with van der Waals surface area (Å²) in [5, 5.41) is 3.84. The lowest BCUT2D eigenvalue weighted by molar-refractivity contribution is -0.122. The molecule has 1 atom stereocenters. The number of aromatic nitrogens is 2. The molecule has 0 aliphatic carbocycles. The van der Waals surface area contributed by atoms with Crippen molar-refractivity contribution in [1.82, 2.24) is 14.9 Å². The van der Waals surface area contributed by atoms with E-state index in [-0.39, 0.29) is 11.9 Å². The minimum atomic E-state index is 0.0866. The van der Waals surface area contributed by atoms with Crippen LogP contribution in [-0.4, -0.2) is 21.5 Å². The third-order valence-electron chi connectivity index (χ3n) is 3.88. The number of rotatable bonds is 4. The fourth-order valence-electron chi connectivity index (χ4n) is 2.73. The third-order valence-corrected chi connectivity index (χ3v) is 4.25. The minimum absolute atomic E-state index is 0.0866. The number of amides is 1. The maximum Gasteiger partial charge on any atom is 0.220 e. The van der Waals surface area contributed by atoms with Gasteiger partial charge in [-0.25, -0.2) is 4.98 Å². The van der Waals surface area contributed by atoms with Crippen molar-refractivity contribution < 1.29 is 4.79 Å². The van der Waals surface area contributed by atoms with E-state index in [1.807, 2.05) is 36.7 Å². The average molecular weight is 304 g/mol. The molecule has 21 heavy (non-hydrogen) atoms. The summed E-state index contributed by atoms with van der Waals surface area (Å²) in [7, 11) is 0. The second kappa shape index (κ2) is 6.31. The average Bonchev–Trinajstić information content (AvgIpc) is 2.94. The normalized spacial score (nSPS) is 17.3. The highest BCUT2D eigenvalue weighted by Gasteiger charge is 2.20. The van der Waals surface area contributed by atoms with Gasteiger partial charge in [0, 0.05) is 42.8 Å². The summed E-state index contributed by atoms with van der Waals surface area (Å²) in [4.78, 5) is 16.4. The van der Waals surface area contributed by atoms with Crippen molar-refractivity contribution in [2.45, 2.75) is 38.3 Å². The van der Waals surface area contributed by atoms with E-state index in [1.165, 1.54) is 0 Å². The Hall–Kier alpha value is -1.81. The van der Waals surface area contributed by atoms with Gasteiger partial charge >= 0.3 is 0 Å². The molecule has 0 unspecified atom stereocenters. The van der Waals surface area contributed by atoms with E-state index in [2.05, 4.69) is 14.9 Å². The molecule has 1 aromatic heterocycles. The second-order valence-corrected chi connectivity index (χ2v) is 5.80. The standard InChI is InChI=1S/C16H18ClN3O/c17-14-4-2-1-3-12(14)5-8-16(21)19-13-6-7-15-18-9-10-20(15)11-13/h1-4,9-10,13H,5-8,11H2,(H,19,21)/t13-/m1/s1. The van der Waals surface area contributed by atoms with Gasteiger partial charge in [-0.15, -0.1) is 0 Å². The number of nitrogens with one attached hydrogen (secondary N) is 1. The van der Waals surface area contributed by atoms with Gasteiger partial charge in [0.25, 0.3) is 0 Å². The number of benzene rings is 1. The lowest BCUT2D eigenvalue weighted by Gasteiger charge is -2.24. The zero-order valence-electron chi connectivity index (χ0n) is 11.8. The van der Waals surface area contributed by atoms with Crippen LogP contribution in [0.15, 0.2) is 36.7 Å². The Bertz CT molecular complexity index is 638. The van der Waals surface area contributed by atoms with Crippen molar-refractivity contribution in [2.75, 3.05) is 0 Å². The monoisotopic (exact) mass is 303 g/mol. The third kappa shape index (κ3) is 3.45. The van der Waals surface area contributed by atoms with Crippen LogP contribution in [0, 0.1) is 0 Å². The number of carbonyl (C=O) groups excluding carboxylic acids is 1. The van der Waals surface area contributed by atoms with Crippen LogP contribution in [0.2, 0.25) is 5.02 Å². The van der Waals surface area contributed by atoms with E-state index in [9.17, 15) is 4.79 Å². The van der Waals surface area contributed by atoms with E-state index >= 15 is 0 Å². The zero-order valence-corrected chi connectivity index (χ0v) is 12.5. The molecule has 1 amide bonds. The van der Waals surface area contributed by atoms with Crippen molar-refractivity contribution in [3.8, 4) is 0 Å². The highest BCUT2D eigenvalue weighted by atomic mass is 35.5. The molecule has 0 spiro atoms. The number of nitrogens with zero attached hydrogens (tertiary/aromatic N) is 2. The molecule has 0 bridgehead atoms. The number of halogens is 1. The molecule has 4 nitrogen and oxygen atoms in total. The Balaban J connectivity index is 1.50. The molecule has 2 heterocycles. The molecule has 1 N–H and O–H groups in total. The molecule has 1 aliphatic heterocycles. The Morgan fingerprint density at radius 2 is 2.29 bits per heavy atom. The largest absolute Gasteiger partial charge is 0.352 e. The maximum absolute atomic E-state index is 12.1. The van der Waals surface area contributed by atoms with Crippen molar-refractivity contribution in [3.05, 3.63) is 53.1 Å². The quantitative estimate of drug-likeness (QED) is 0.944. The predicted octanol–water partition coefficient (Wildman–Crippen LogP) is 2.60. The fraction of sp³-hybridized carbons (Fsp3) is 0.375. The number of aryl methyl sites for hydroxylation is 2. The molecule has 0 saturated heterocycles. The van der Waals surface area contributed by atoms with E-state index in [0.29, 0.717) is 12.8 Å². The molecule has 1 aliphatic rings. The lowest BCUT2D eigenvalue weighted by Crippen LogP contribution is -2.40. The van der Waals surface area contributed by atoms with Crippen molar-refractivity contribution in [1.29, 1.82) is 0 Å². The molecule has 110 valence electrons. The first kappa shape index (κ1) is 14.1. The van der Waals surface area contributed by atoms with E-state index < -0.39 is 0 Å². The van der Waals surface area contributed by atoms with E-state index in [1.54, 1.807) is 0 Å². The minimum Gasteiger partial charge on any atom is -0.352 e. The molecule has 0 fully saturated rings. The highest BCUT2D eigenvalue weighted by Crippen LogP contribution is 2.17. The van der Waals surface area contributed by atoms with Gasteiger partial charge in [-0.05, 0) is 24.5 Å². The Morgan fingerprint density at radius 1 is 1.43 bits per heavy atom. The number of carbonyl (C=O) groups is 1.